The van der Waals surface area contributed by atoms with E-state index in [2.05, 4.69) is 14.9 Å². The van der Waals surface area contributed by atoms with E-state index >= 15 is 0 Å². The topological polar surface area (TPSA) is 139 Å². The lowest BCUT2D eigenvalue weighted by Crippen LogP contribution is -2.21. The number of rotatable bonds is 7. The lowest BCUT2D eigenvalue weighted by Gasteiger charge is -2.07. The molecule has 0 amide bonds. The first kappa shape index (κ1) is 20.4. The smallest absolute Gasteiger partial charge is 0.346 e. The Morgan fingerprint density at radius 3 is 2.39 bits per heavy atom. The molecule has 2 aromatic carbocycles. The fourth-order valence-electron chi connectivity index (χ4n) is 2.07. The fourth-order valence-corrected chi connectivity index (χ4v) is 2.07. The highest BCUT2D eigenvalue weighted by atomic mass is 16.6. The van der Waals surface area contributed by atoms with Gasteiger partial charge in [0, 0.05) is 5.56 Å². The molecule has 0 atom stereocenters. The molecule has 0 bridgehead atoms. The molecule has 0 heterocycles. The van der Waals surface area contributed by atoms with Crippen molar-refractivity contribution < 1.29 is 23.9 Å². The summed E-state index contributed by atoms with van der Waals surface area (Å²) in [5, 5.41) is 3.84. The van der Waals surface area contributed by atoms with Crippen molar-refractivity contribution >= 4 is 29.3 Å². The number of hydrogen-bond donors (Lipinski definition) is 2. The standard InChI is InChI=1S/C19H20N4O5/c1-12(23-27-11-17(24)26-2)14-4-3-5-16(10-14)28-18(25)13-6-8-15(9-7-13)22-19(20)21/h3-10H,11H2,1-2H3,(H4,20,21,22)/b23-12-. The minimum absolute atomic E-state index is 0.0697. The van der Waals surface area contributed by atoms with Crippen LogP contribution in [0.1, 0.15) is 22.8 Å². The van der Waals surface area contributed by atoms with Gasteiger partial charge >= 0.3 is 11.9 Å². The highest BCUT2D eigenvalue weighted by Crippen LogP contribution is 2.18. The molecule has 4 N–H and O–H groups in total. The van der Waals surface area contributed by atoms with Crippen LogP contribution in [0.3, 0.4) is 0 Å². The summed E-state index contributed by atoms with van der Waals surface area (Å²) in [5.41, 5.74) is 12.7. The monoisotopic (exact) mass is 384 g/mol. The van der Waals surface area contributed by atoms with Gasteiger partial charge in [0.25, 0.3) is 0 Å². The van der Waals surface area contributed by atoms with Gasteiger partial charge in [0.15, 0.2) is 5.96 Å². The number of ether oxygens (including phenoxy) is 2. The molecular formula is C19H20N4O5. The number of oxime groups is 1. The van der Waals surface area contributed by atoms with Crippen LogP contribution < -0.4 is 16.2 Å². The summed E-state index contributed by atoms with van der Waals surface area (Å²) in [6, 6.07) is 13.1. The molecule has 9 heteroatoms. The van der Waals surface area contributed by atoms with Crippen molar-refractivity contribution in [3.63, 3.8) is 0 Å². The van der Waals surface area contributed by atoms with E-state index in [4.69, 9.17) is 21.0 Å². The average molecular weight is 384 g/mol. The molecule has 28 heavy (non-hydrogen) atoms. The molecule has 0 aliphatic heterocycles. The maximum atomic E-state index is 12.3. The molecule has 0 spiro atoms. The van der Waals surface area contributed by atoms with E-state index in [0.717, 1.165) is 0 Å². The Hall–Kier alpha value is -3.88. The van der Waals surface area contributed by atoms with Crippen molar-refractivity contribution in [2.75, 3.05) is 13.7 Å². The number of carbonyl (C=O) groups excluding carboxylic acids is 2. The Morgan fingerprint density at radius 1 is 1.04 bits per heavy atom. The Kier molecular flexibility index (Phi) is 7.09. The summed E-state index contributed by atoms with van der Waals surface area (Å²) in [6.45, 7) is 1.40. The van der Waals surface area contributed by atoms with Crippen LogP contribution in [0.4, 0.5) is 5.69 Å². The molecule has 0 saturated carbocycles. The number of carbonyl (C=O) groups is 2. The molecule has 0 fully saturated rings. The summed E-state index contributed by atoms with van der Waals surface area (Å²) in [6.07, 6.45) is 0. The van der Waals surface area contributed by atoms with E-state index in [0.29, 0.717) is 28.3 Å². The molecule has 0 aliphatic carbocycles. The lowest BCUT2D eigenvalue weighted by molar-refractivity contribution is -0.145. The van der Waals surface area contributed by atoms with Crippen molar-refractivity contribution in [3.05, 3.63) is 59.7 Å². The van der Waals surface area contributed by atoms with Gasteiger partial charge in [-0.15, -0.1) is 0 Å². The van der Waals surface area contributed by atoms with E-state index in [-0.39, 0.29) is 12.6 Å². The molecule has 0 aliphatic rings. The Balaban J connectivity index is 2.05. The first-order valence-electron chi connectivity index (χ1n) is 8.14. The molecule has 2 aromatic rings. The molecule has 146 valence electrons. The predicted octanol–water partition coefficient (Wildman–Crippen LogP) is 1.72. The zero-order chi connectivity index (χ0) is 20.5. The van der Waals surface area contributed by atoms with Gasteiger partial charge in [-0.3, -0.25) is 0 Å². The number of nitrogens with two attached hydrogens (primary N) is 2. The van der Waals surface area contributed by atoms with Crippen LogP contribution in [0, 0.1) is 0 Å². The molecule has 0 aromatic heterocycles. The van der Waals surface area contributed by atoms with E-state index in [9.17, 15) is 9.59 Å². The fraction of sp³-hybridized carbons (Fsp3) is 0.158. The molecule has 9 nitrogen and oxygen atoms in total. The Bertz CT molecular complexity index is 903. The zero-order valence-corrected chi connectivity index (χ0v) is 15.4. The van der Waals surface area contributed by atoms with Crippen LogP contribution in [-0.4, -0.2) is 37.3 Å². The summed E-state index contributed by atoms with van der Waals surface area (Å²) in [5.74, 6) is -0.812. The number of nitrogens with zero attached hydrogens (tertiary/aromatic N) is 2. The van der Waals surface area contributed by atoms with Crippen molar-refractivity contribution in [1.82, 2.24) is 0 Å². The maximum Gasteiger partial charge on any atom is 0.346 e. The second kappa shape index (κ2) is 9.72. The second-order valence-corrected chi connectivity index (χ2v) is 5.53. The third-order valence-corrected chi connectivity index (χ3v) is 3.44. The number of esters is 2. The SMILES string of the molecule is COC(=O)CO/N=C(/C)c1cccc(OC(=O)c2ccc(N=C(N)N)cc2)c1. The minimum atomic E-state index is -0.537. The average Bonchev–Trinajstić information content (AvgIpc) is 2.68. The lowest BCUT2D eigenvalue weighted by atomic mass is 10.1. The highest BCUT2D eigenvalue weighted by Gasteiger charge is 2.10. The Labute approximate surface area is 161 Å². The van der Waals surface area contributed by atoms with Crippen LogP contribution in [0.2, 0.25) is 0 Å². The summed E-state index contributed by atoms with van der Waals surface area (Å²) < 4.78 is 9.84. The van der Waals surface area contributed by atoms with Gasteiger partial charge in [-0.1, -0.05) is 17.3 Å². The number of methoxy groups -OCH3 is 1. The summed E-state index contributed by atoms with van der Waals surface area (Å²) in [7, 11) is 1.26. The third kappa shape index (κ3) is 6.13. The maximum absolute atomic E-state index is 12.3. The van der Waals surface area contributed by atoms with Crippen LogP contribution in [0.15, 0.2) is 58.7 Å². The van der Waals surface area contributed by atoms with Gasteiger partial charge in [-0.05, 0) is 43.3 Å². The predicted molar refractivity (Wildman–Crippen MR) is 103 cm³/mol. The summed E-state index contributed by atoms with van der Waals surface area (Å²) >= 11 is 0. The minimum Gasteiger partial charge on any atom is -0.466 e. The van der Waals surface area contributed by atoms with Crippen molar-refractivity contribution in [3.8, 4) is 5.75 Å². The largest absolute Gasteiger partial charge is 0.466 e. The van der Waals surface area contributed by atoms with E-state index in [1.807, 2.05) is 0 Å². The number of aliphatic imine (C=N–C) groups is 1. The van der Waals surface area contributed by atoms with Gasteiger partial charge in [0.2, 0.25) is 6.61 Å². The number of benzene rings is 2. The normalized spacial score (nSPS) is 10.7. The molecular weight excluding hydrogens is 364 g/mol. The van der Waals surface area contributed by atoms with Crippen LogP contribution in [-0.2, 0) is 14.4 Å². The Morgan fingerprint density at radius 2 is 1.75 bits per heavy atom. The number of guanidine groups is 1. The van der Waals surface area contributed by atoms with Gasteiger partial charge in [0.05, 0.1) is 24.1 Å². The van der Waals surface area contributed by atoms with Gasteiger partial charge in [-0.2, -0.15) is 0 Å². The van der Waals surface area contributed by atoms with E-state index in [1.54, 1.807) is 55.5 Å². The summed E-state index contributed by atoms with van der Waals surface area (Å²) in [4.78, 5) is 32.1. The van der Waals surface area contributed by atoms with Crippen LogP contribution in [0.5, 0.6) is 5.75 Å². The molecule has 0 radical (unpaired) electrons. The number of hydrogen-bond acceptors (Lipinski definition) is 7. The van der Waals surface area contributed by atoms with E-state index in [1.165, 1.54) is 7.11 Å². The second-order valence-electron chi connectivity index (χ2n) is 5.53. The zero-order valence-electron chi connectivity index (χ0n) is 15.4. The third-order valence-electron chi connectivity index (χ3n) is 3.44. The van der Waals surface area contributed by atoms with Gasteiger partial charge in [0.1, 0.15) is 5.75 Å². The van der Waals surface area contributed by atoms with E-state index < -0.39 is 11.9 Å². The first-order valence-corrected chi connectivity index (χ1v) is 8.14. The van der Waals surface area contributed by atoms with Crippen molar-refractivity contribution in [2.45, 2.75) is 6.92 Å². The first-order chi connectivity index (χ1) is 13.4. The van der Waals surface area contributed by atoms with Gasteiger partial charge in [-0.25, -0.2) is 14.6 Å². The molecule has 0 unspecified atom stereocenters. The highest BCUT2D eigenvalue weighted by molar-refractivity contribution is 5.99. The quantitative estimate of drug-likeness (QED) is 0.244. The van der Waals surface area contributed by atoms with Crippen LogP contribution in [0.25, 0.3) is 0 Å². The van der Waals surface area contributed by atoms with Crippen LogP contribution >= 0.6 is 0 Å². The van der Waals surface area contributed by atoms with Crippen molar-refractivity contribution in [1.29, 1.82) is 0 Å². The molecule has 0 saturated heterocycles. The van der Waals surface area contributed by atoms with Crippen molar-refractivity contribution in [2.24, 2.45) is 21.6 Å². The van der Waals surface area contributed by atoms with Gasteiger partial charge < -0.3 is 25.8 Å². The molecule has 2 rings (SSSR count).